The average molecular weight is 312 g/mol. The predicted molar refractivity (Wildman–Crippen MR) is 81.5 cm³/mol. The van der Waals surface area contributed by atoms with Gasteiger partial charge < -0.3 is 11.1 Å². The Bertz CT molecular complexity index is 627. The number of carbonyl (C=O) groups excluding carboxylic acids is 1. The van der Waals surface area contributed by atoms with Gasteiger partial charge in [-0.2, -0.15) is 0 Å². The van der Waals surface area contributed by atoms with E-state index in [1.807, 2.05) is 0 Å². The Kier molecular flexibility index (Phi) is 4.39. The van der Waals surface area contributed by atoms with Crippen LogP contribution in [0.15, 0.2) is 24.3 Å². The van der Waals surface area contributed by atoms with Gasteiger partial charge in [-0.3, -0.25) is 4.79 Å². The molecule has 108 valence electrons. The second-order valence-electron chi connectivity index (χ2n) is 4.84. The fourth-order valence-corrected chi connectivity index (χ4v) is 3.74. The van der Waals surface area contributed by atoms with Gasteiger partial charge in [0.1, 0.15) is 14.8 Å². The lowest BCUT2D eigenvalue weighted by Crippen LogP contribution is -2.40. The molecule has 1 aliphatic rings. The molecule has 0 unspecified atom stereocenters. The monoisotopic (exact) mass is 312 g/mol. The molecule has 0 radical (unpaired) electrons. The molecular weight excluding hydrogens is 296 g/mol. The third kappa shape index (κ3) is 3.77. The third-order valence-corrected chi connectivity index (χ3v) is 5.25. The van der Waals surface area contributed by atoms with Crippen LogP contribution in [0.5, 0.6) is 0 Å². The first-order valence-corrected chi connectivity index (χ1v) is 8.51. The number of sulfone groups is 1. The number of benzene rings is 1. The fraction of sp³-hybridized carbons (Fsp3) is 0.385. The van der Waals surface area contributed by atoms with E-state index in [1.54, 1.807) is 24.3 Å². The quantitative estimate of drug-likeness (QED) is 0.799. The second kappa shape index (κ2) is 5.88. The first kappa shape index (κ1) is 14.9. The van der Waals surface area contributed by atoms with Crippen LogP contribution < -0.4 is 11.1 Å². The van der Waals surface area contributed by atoms with Crippen LogP contribution in [-0.4, -0.2) is 36.9 Å². The number of amides is 1. The fourth-order valence-electron chi connectivity index (χ4n) is 2.12. The summed E-state index contributed by atoms with van der Waals surface area (Å²) in [4.78, 5) is 12.3. The maximum Gasteiger partial charge on any atom is 0.251 e. The zero-order valence-electron chi connectivity index (χ0n) is 10.8. The van der Waals surface area contributed by atoms with Crippen molar-refractivity contribution in [2.75, 3.05) is 11.5 Å². The molecule has 0 saturated carbocycles. The molecule has 5 nitrogen and oxygen atoms in total. The molecule has 1 fully saturated rings. The normalized spacial score (nSPS) is 18.4. The second-order valence-corrected chi connectivity index (χ2v) is 7.59. The summed E-state index contributed by atoms with van der Waals surface area (Å²) in [5.41, 5.74) is 6.64. The van der Waals surface area contributed by atoms with Crippen LogP contribution in [0, 0.1) is 0 Å². The smallest absolute Gasteiger partial charge is 0.251 e. The first-order chi connectivity index (χ1) is 9.37. The van der Waals surface area contributed by atoms with Crippen molar-refractivity contribution in [1.29, 1.82) is 0 Å². The number of carbonyl (C=O) groups is 1. The highest BCUT2D eigenvalue weighted by Gasteiger charge is 2.24. The Morgan fingerprint density at radius 1 is 1.25 bits per heavy atom. The van der Waals surface area contributed by atoms with Crippen molar-refractivity contribution in [3.05, 3.63) is 35.4 Å². The van der Waals surface area contributed by atoms with E-state index < -0.39 is 9.84 Å². The zero-order chi connectivity index (χ0) is 14.8. The van der Waals surface area contributed by atoms with Crippen LogP contribution in [0.25, 0.3) is 0 Å². The number of nitrogens with one attached hydrogen (secondary N) is 1. The summed E-state index contributed by atoms with van der Waals surface area (Å²) >= 11 is 4.87. The molecule has 1 aromatic carbocycles. The van der Waals surface area contributed by atoms with Crippen molar-refractivity contribution in [3.63, 3.8) is 0 Å². The van der Waals surface area contributed by atoms with Crippen LogP contribution in [0.3, 0.4) is 0 Å². The highest BCUT2D eigenvalue weighted by molar-refractivity contribution is 7.91. The number of nitrogens with two attached hydrogens (primary N) is 1. The summed E-state index contributed by atoms with van der Waals surface area (Å²) in [5, 5.41) is 2.85. The summed E-state index contributed by atoms with van der Waals surface area (Å²) in [5.74, 6) is 0.0304. The minimum Gasteiger partial charge on any atom is -0.389 e. The van der Waals surface area contributed by atoms with E-state index in [0.29, 0.717) is 24.0 Å². The molecule has 1 heterocycles. The minimum absolute atomic E-state index is 0.0977. The first-order valence-electron chi connectivity index (χ1n) is 6.28. The summed E-state index contributed by atoms with van der Waals surface area (Å²) in [6, 6.07) is 6.68. The van der Waals surface area contributed by atoms with Crippen molar-refractivity contribution in [2.24, 2.45) is 5.73 Å². The van der Waals surface area contributed by atoms with Gasteiger partial charge >= 0.3 is 0 Å². The molecule has 0 atom stereocenters. The van der Waals surface area contributed by atoms with Gasteiger partial charge in [0.2, 0.25) is 0 Å². The highest BCUT2D eigenvalue weighted by atomic mass is 32.2. The van der Waals surface area contributed by atoms with Gasteiger partial charge in [0.25, 0.3) is 5.91 Å². The predicted octanol–water partition coefficient (Wildman–Crippen LogP) is 0.628. The van der Waals surface area contributed by atoms with E-state index in [1.165, 1.54) is 0 Å². The van der Waals surface area contributed by atoms with E-state index in [4.69, 9.17) is 18.0 Å². The molecule has 0 aromatic heterocycles. The third-order valence-electron chi connectivity index (χ3n) is 3.30. The van der Waals surface area contributed by atoms with Crippen LogP contribution in [0.4, 0.5) is 0 Å². The van der Waals surface area contributed by atoms with Crippen molar-refractivity contribution >= 4 is 33.0 Å². The lowest BCUT2D eigenvalue weighted by atomic mass is 10.1. The molecule has 3 N–H and O–H groups in total. The Morgan fingerprint density at radius 3 is 2.45 bits per heavy atom. The van der Waals surface area contributed by atoms with Crippen molar-refractivity contribution in [1.82, 2.24) is 5.32 Å². The average Bonchev–Trinajstić information content (AvgIpc) is 2.41. The standard InChI is InChI=1S/C13H16N2O3S2/c14-12(19)9-2-1-3-10(8-9)13(16)15-11-4-6-20(17,18)7-5-11/h1-3,8,11H,4-7H2,(H2,14,19)(H,15,16). The number of thiocarbonyl (C=S) groups is 1. The number of hydrogen-bond acceptors (Lipinski definition) is 4. The largest absolute Gasteiger partial charge is 0.389 e. The molecule has 2 rings (SSSR count). The summed E-state index contributed by atoms with van der Waals surface area (Å²) in [7, 11) is -2.92. The minimum atomic E-state index is -2.92. The van der Waals surface area contributed by atoms with Crippen LogP contribution in [0.1, 0.15) is 28.8 Å². The Labute approximate surface area is 123 Å². The van der Waals surface area contributed by atoms with E-state index >= 15 is 0 Å². The number of hydrogen-bond donors (Lipinski definition) is 2. The number of rotatable bonds is 3. The van der Waals surface area contributed by atoms with E-state index in [-0.39, 0.29) is 28.4 Å². The SMILES string of the molecule is NC(=S)c1cccc(C(=O)NC2CCS(=O)(=O)CC2)c1. The molecule has 1 aromatic rings. The molecule has 1 amide bonds. The van der Waals surface area contributed by atoms with Gasteiger partial charge in [0, 0.05) is 17.2 Å². The van der Waals surface area contributed by atoms with Crippen molar-refractivity contribution in [2.45, 2.75) is 18.9 Å². The lowest BCUT2D eigenvalue weighted by Gasteiger charge is -2.23. The maximum atomic E-state index is 12.1. The summed E-state index contributed by atoms with van der Waals surface area (Å²) < 4.78 is 22.7. The topological polar surface area (TPSA) is 89.3 Å². The van der Waals surface area contributed by atoms with Gasteiger partial charge in [-0.25, -0.2) is 8.42 Å². The molecular formula is C13H16N2O3S2. The van der Waals surface area contributed by atoms with Crippen LogP contribution in [-0.2, 0) is 9.84 Å². The maximum absolute atomic E-state index is 12.1. The molecule has 7 heteroatoms. The van der Waals surface area contributed by atoms with Gasteiger partial charge in [-0.15, -0.1) is 0 Å². The molecule has 20 heavy (non-hydrogen) atoms. The molecule has 0 bridgehead atoms. The van der Waals surface area contributed by atoms with Crippen LogP contribution in [0.2, 0.25) is 0 Å². The summed E-state index contributed by atoms with van der Waals surface area (Å²) in [6.45, 7) is 0. The highest BCUT2D eigenvalue weighted by Crippen LogP contribution is 2.13. The Hall–Kier alpha value is -1.47. The van der Waals surface area contributed by atoms with Crippen molar-refractivity contribution in [3.8, 4) is 0 Å². The Morgan fingerprint density at radius 2 is 1.85 bits per heavy atom. The van der Waals surface area contributed by atoms with Crippen LogP contribution >= 0.6 is 12.2 Å². The van der Waals surface area contributed by atoms with E-state index in [0.717, 1.165) is 0 Å². The van der Waals surface area contributed by atoms with Gasteiger partial charge in [0.05, 0.1) is 11.5 Å². The van der Waals surface area contributed by atoms with Gasteiger partial charge in [-0.05, 0) is 25.0 Å². The van der Waals surface area contributed by atoms with Gasteiger partial charge in [-0.1, -0.05) is 24.4 Å². The molecule has 0 spiro atoms. The lowest BCUT2D eigenvalue weighted by molar-refractivity contribution is 0.0934. The van der Waals surface area contributed by atoms with E-state index in [2.05, 4.69) is 5.32 Å². The van der Waals surface area contributed by atoms with Crippen molar-refractivity contribution < 1.29 is 13.2 Å². The molecule has 1 saturated heterocycles. The van der Waals surface area contributed by atoms with E-state index in [9.17, 15) is 13.2 Å². The molecule has 0 aliphatic carbocycles. The Balaban J connectivity index is 2.02. The molecule has 1 aliphatic heterocycles. The van der Waals surface area contributed by atoms with Gasteiger partial charge in [0.15, 0.2) is 0 Å². The summed E-state index contributed by atoms with van der Waals surface area (Å²) in [6.07, 6.45) is 0.923. The zero-order valence-corrected chi connectivity index (χ0v) is 12.5.